The second kappa shape index (κ2) is 8.75. The topological polar surface area (TPSA) is 107 Å². The molecular weight excluding hydrogens is 424 g/mol. The van der Waals surface area contributed by atoms with Crippen LogP contribution in [0, 0.1) is 0 Å². The zero-order valence-corrected chi connectivity index (χ0v) is 18.5. The molecule has 2 fully saturated rings. The summed E-state index contributed by atoms with van der Waals surface area (Å²) in [6, 6.07) is 5.37. The second-order valence-corrected chi connectivity index (χ2v) is 9.05. The molecule has 0 radical (unpaired) electrons. The fraction of sp³-hybridized carbons (Fsp3) is 0.565. The van der Waals surface area contributed by atoms with Crippen LogP contribution in [0.2, 0.25) is 0 Å². The van der Waals surface area contributed by atoms with Crippen LogP contribution in [0.15, 0.2) is 23.0 Å². The van der Waals surface area contributed by atoms with Gasteiger partial charge in [0.1, 0.15) is 6.04 Å². The molecule has 10 heteroatoms. The summed E-state index contributed by atoms with van der Waals surface area (Å²) in [6.07, 6.45) is 6.73. The number of aromatic amines is 1. The Morgan fingerprint density at radius 2 is 1.88 bits per heavy atom. The Balaban J connectivity index is 1.45. The number of hydrogen-bond acceptors (Lipinski definition) is 8. The Morgan fingerprint density at radius 1 is 1.06 bits per heavy atom. The van der Waals surface area contributed by atoms with Crippen molar-refractivity contribution in [3.63, 3.8) is 0 Å². The van der Waals surface area contributed by atoms with E-state index in [-0.39, 0.29) is 24.5 Å². The molecule has 0 bridgehead atoms. The lowest BCUT2D eigenvalue weighted by molar-refractivity contribution is 0.0909. The number of ether oxygens (including phenoxy) is 3. The van der Waals surface area contributed by atoms with Gasteiger partial charge < -0.3 is 19.2 Å². The third kappa shape index (κ3) is 3.97. The predicted octanol–water partition coefficient (Wildman–Crippen LogP) is 2.39. The summed E-state index contributed by atoms with van der Waals surface area (Å²) in [5, 5.41) is 13.6. The lowest BCUT2D eigenvalue weighted by Gasteiger charge is -2.30. The van der Waals surface area contributed by atoms with E-state index in [2.05, 4.69) is 25.4 Å². The average Bonchev–Trinajstić information content (AvgIpc) is 3.54. The van der Waals surface area contributed by atoms with Crippen LogP contribution in [0.1, 0.15) is 56.0 Å². The van der Waals surface area contributed by atoms with Crippen molar-refractivity contribution in [1.29, 1.82) is 0 Å². The fourth-order valence-corrected chi connectivity index (χ4v) is 5.19. The maximum absolute atomic E-state index is 13.4. The molecule has 3 aliphatic rings. The first-order chi connectivity index (χ1) is 16.3. The quantitative estimate of drug-likeness (QED) is 0.629. The van der Waals surface area contributed by atoms with Crippen LogP contribution in [0.3, 0.4) is 0 Å². The molecule has 2 atom stereocenters. The number of rotatable bonds is 5. The molecule has 33 heavy (non-hydrogen) atoms. The minimum absolute atomic E-state index is 0.103. The molecule has 2 saturated heterocycles. The number of nitrogens with one attached hydrogen (secondary N) is 1. The summed E-state index contributed by atoms with van der Waals surface area (Å²) in [5.41, 5.74) is 1.23. The summed E-state index contributed by atoms with van der Waals surface area (Å²) in [6.45, 7) is 3.36. The van der Waals surface area contributed by atoms with Crippen molar-refractivity contribution >= 4 is 10.9 Å². The van der Waals surface area contributed by atoms with E-state index in [1.54, 1.807) is 0 Å². The van der Waals surface area contributed by atoms with E-state index in [9.17, 15) is 4.79 Å². The van der Waals surface area contributed by atoms with Crippen molar-refractivity contribution in [2.45, 2.75) is 57.2 Å². The molecular formula is C23H28N6O4. The normalized spacial score (nSPS) is 22.0. The van der Waals surface area contributed by atoms with Crippen LogP contribution in [-0.2, 0) is 11.3 Å². The van der Waals surface area contributed by atoms with Gasteiger partial charge >= 0.3 is 0 Å². The van der Waals surface area contributed by atoms with E-state index in [4.69, 9.17) is 14.2 Å². The summed E-state index contributed by atoms with van der Waals surface area (Å²) in [7, 11) is 0. The van der Waals surface area contributed by atoms with Gasteiger partial charge in [-0.2, -0.15) is 0 Å². The Labute approximate surface area is 190 Å². The first-order valence-corrected chi connectivity index (χ1v) is 11.8. The molecule has 0 amide bonds. The fourth-order valence-electron chi connectivity index (χ4n) is 5.19. The molecule has 1 N–H and O–H groups in total. The molecule has 174 valence electrons. The van der Waals surface area contributed by atoms with E-state index in [1.165, 1.54) is 12.8 Å². The van der Waals surface area contributed by atoms with Gasteiger partial charge in [0.25, 0.3) is 5.56 Å². The molecule has 6 rings (SSSR count). The van der Waals surface area contributed by atoms with Gasteiger partial charge in [0.2, 0.25) is 6.79 Å². The zero-order chi connectivity index (χ0) is 22.2. The molecule has 2 aromatic heterocycles. The van der Waals surface area contributed by atoms with Crippen molar-refractivity contribution in [2.24, 2.45) is 0 Å². The summed E-state index contributed by atoms with van der Waals surface area (Å²) in [5.74, 6) is 2.03. The van der Waals surface area contributed by atoms with Crippen molar-refractivity contribution < 1.29 is 14.2 Å². The number of hydrogen-bond donors (Lipinski definition) is 1. The monoisotopic (exact) mass is 452 g/mol. The number of aromatic nitrogens is 5. The van der Waals surface area contributed by atoms with Crippen molar-refractivity contribution in [2.75, 3.05) is 26.5 Å². The van der Waals surface area contributed by atoms with Crippen LogP contribution in [0.4, 0.5) is 0 Å². The van der Waals surface area contributed by atoms with Crippen LogP contribution in [-0.4, -0.2) is 62.7 Å². The highest BCUT2D eigenvalue weighted by Crippen LogP contribution is 2.36. The summed E-state index contributed by atoms with van der Waals surface area (Å²) >= 11 is 0. The third-order valence-electron chi connectivity index (χ3n) is 6.87. The van der Waals surface area contributed by atoms with Gasteiger partial charge in [-0.05, 0) is 61.3 Å². The Morgan fingerprint density at radius 3 is 2.67 bits per heavy atom. The molecule has 3 aliphatic heterocycles. The Kier molecular flexibility index (Phi) is 5.47. The largest absolute Gasteiger partial charge is 0.454 e. The van der Waals surface area contributed by atoms with Gasteiger partial charge in [-0.3, -0.25) is 9.69 Å². The smallest absolute Gasteiger partial charge is 0.253 e. The maximum Gasteiger partial charge on any atom is 0.253 e. The van der Waals surface area contributed by atoms with Gasteiger partial charge in [0, 0.05) is 23.6 Å². The van der Waals surface area contributed by atoms with Gasteiger partial charge in [-0.15, -0.1) is 5.10 Å². The first-order valence-electron chi connectivity index (χ1n) is 11.8. The number of pyridine rings is 1. The maximum atomic E-state index is 13.4. The lowest BCUT2D eigenvalue weighted by atomic mass is 10.0. The highest BCUT2D eigenvalue weighted by atomic mass is 16.7. The molecule has 0 aliphatic carbocycles. The zero-order valence-electron chi connectivity index (χ0n) is 18.5. The first kappa shape index (κ1) is 20.6. The van der Waals surface area contributed by atoms with Crippen molar-refractivity contribution in [3.05, 3.63) is 39.9 Å². The molecule has 5 heterocycles. The number of H-pyrrole nitrogens is 1. The van der Waals surface area contributed by atoms with E-state index < -0.39 is 0 Å². The summed E-state index contributed by atoms with van der Waals surface area (Å²) in [4.78, 5) is 18.8. The molecule has 10 nitrogen and oxygen atoms in total. The summed E-state index contributed by atoms with van der Waals surface area (Å²) < 4.78 is 18.7. The van der Waals surface area contributed by atoms with Crippen LogP contribution < -0.4 is 15.0 Å². The van der Waals surface area contributed by atoms with E-state index in [1.807, 2.05) is 22.9 Å². The highest BCUT2D eigenvalue weighted by Gasteiger charge is 2.32. The van der Waals surface area contributed by atoms with Gasteiger partial charge in [-0.1, -0.05) is 12.8 Å². The van der Waals surface area contributed by atoms with Crippen molar-refractivity contribution in [3.8, 4) is 11.5 Å². The van der Waals surface area contributed by atoms with Crippen LogP contribution >= 0.6 is 0 Å². The average molecular weight is 453 g/mol. The molecule has 0 saturated carbocycles. The van der Waals surface area contributed by atoms with E-state index in [0.717, 1.165) is 56.3 Å². The number of benzene rings is 1. The Bertz CT molecular complexity index is 1190. The van der Waals surface area contributed by atoms with Crippen LogP contribution in [0.25, 0.3) is 10.9 Å². The minimum Gasteiger partial charge on any atom is -0.454 e. The number of fused-ring (bicyclic) bond motifs is 2. The molecule has 1 aromatic carbocycles. The SMILES string of the molecule is O=c1[nH]c2cc3c(cc2cc1[C@H](c1nnnn1C[C@@H]1CCCO1)N1CCCCCC1)OCO3. The van der Waals surface area contributed by atoms with Gasteiger partial charge in [0.05, 0.1) is 18.2 Å². The van der Waals surface area contributed by atoms with Crippen molar-refractivity contribution in [1.82, 2.24) is 30.1 Å². The number of nitrogens with zero attached hydrogens (tertiary/aromatic N) is 5. The third-order valence-corrected chi connectivity index (χ3v) is 6.87. The highest BCUT2D eigenvalue weighted by molar-refractivity contribution is 5.83. The van der Waals surface area contributed by atoms with E-state index >= 15 is 0 Å². The van der Waals surface area contributed by atoms with Crippen LogP contribution in [0.5, 0.6) is 11.5 Å². The minimum atomic E-state index is -0.335. The van der Waals surface area contributed by atoms with Gasteiger partial charge in [0.15, 0.2) is 17.3 Å². The Hall–Kier alpha value is -2.98. The number of tetrazole rings is 1. The molecule has 0 unspecified atom stereocenters. The number of likely N-dealkylation sites (tertiary alicyclic amines) is 1. The van der Waals surface area contributed by atoms with E-state index in [0.29, 0.717) is 29.4 Å². The lowest BCUT2D eigenvalue weighted by Crippen LogP contribution is -2.36. The molecule has 0 spiro atoms. The van der Waals surface area contributed by atoms with Gasteiger partial charge in [-0.25, -0.2) is 4.68 Å². The predicted molar refractivity (Wildman–Crippen MR) is 119 cm³/mol. The standard InChI is InChI=1S/C23H28N6O4/c30-23-17(10-15-11-19-20(33-14-32-19)12-18(15)24-23)21(28-7-3-1-2-4-8-28)22-25-26-27-29(22)13-16-6-5-9-31-16/h10-12,16,21H,1-9,13-14H2,(H,24,30)/t16-,21+/m0/s1. The second-order valence-electron chi connectivity index (χ2n) is 9.05. The molecule has 3 aromatic rings.